The predicted octanol–water partition coefficient (Wildman–Crippen LogP) is 3.69. The van der Waals surface area contributed by atoms with Crippen LogP contribution in [0.2, 0.25) is 0 Å². The number of hydrogen-bond acceptors (Lipinski definition) is 5. The van der Waals surface area contributed by atoms with Crippen LogP contribution in [-0.4, -0.2) is 29.1 Å². The molecule has 7 heteroatoms. The van der Waals surface area contributed by atoms with Gasteiger partial charge >= 0.3 is 6.09 Å². The van der Waals surface area contributed by atoms with Crippen molar-refractivity contribution >= 4 is 11.8 Å². The molecule has 0 N–H and O–H groups in total. The minimum atomic E-state index is -0.456. The van der Waals surface area contributed by atoms with E-state index in [1.165, 1.54) is 12.1 Å². The van der Waals surface area contributed by atoms with Crippen LogP contribution >= 0.6 is 0 Å². The van der Waals surface area contributed by atoms with Crippen molar-refractivity contribution in [2.75, 3.05) is 13.2 Å². The lowest BCUT2D eigenvalue weighted by Crippen LogP contribution is -2.40. The number of benzene rings is 2. The Balaban J connectivity index is 1.83. The molecule has 0 aliphatic carbocycles. The van der Waals surface area contributed by atoms with E-state index >= 15 is 0 Å². The Kier molecular flexibility index (Phi) is 4.83. The summed E-state index contributed by atoms with van der Waals surface area (Å²) in [6, 6.07) is 13.7. The van der Waals surface area contributed by atoms with Gasteiger partial charge in [0.05, 0.1) is 18.1 Å². The summed E-state index contributed by atoms with van der Waals surface area (Å²) < 4.78 is 11.1. The molecule has 1 aliphatic heterocycles. The van der Waals surface area contributed by atoms with Gasteiger partial charge in [0, 0.05) is 18.7 Å². The number of nitrogens with zero attached hydrogens (tertiary/aromatic N) is 2. The molecule has 1 heterocycles. The van der Waals surface area contributed by atoms with Crippen molar-refractivity contribution in [2.24, 2.45) is 0 Å². The zero-order valence-corrected chi connectivity index (χ0v) is 13.8. The molecule has 0 radical (unpaired) electrons. The fourth-order valence-electron chi connectivity index (χ4n) is 2.83. The van der Waals surface area contributed by atoms with Crippen LogP contribution in [0.15, 0.2) is 48.5 Å². The number of non-ortho nitro benzene ring substituents is 1. The number of carbonyl (C=O) groups excluding carboxylic acids is 1. The highest BCUT2D eigenvalue weighted by molar-refractivity contribution is 5.68. The fourth-order valence-corrected chi connectivity index (χ4v) is 2.83. The molecular formula is C18H18N2O5. The number of amides is 1. The number of nitro groups is 1. The van der Waals surface area contributed by atoms with Crippen LogP contribution in [0.5, 0.6) is 5.75 Å². The Hall–Kier alpha value is -3.09. The molecule has 0 spiro atoms. The van der Waals surface area contributed by atoms with Gasteiger partial charge in [0.2, 0.25) is 0 Å². The Morgan fingerprint density at radius 3 is 2.64 bits per heavy atom. The average Bonchev–Trinajstić information content (AvgIpc) is 2.62. The third-order valence-corrected chi connectivity index (χ3v) is 4.00. The zero-order valence-electron chi connectivity index (χ0n) is 13.8. The molecule has 1 atom stereocenters. The van der Waals surface area contributed by atoms with E-state index in [9.17, 15) is 14.9 Å². The van der Waals surface area contributed by atoms with Gasteiger partial charge in [-0.05, 0) is 30.2 Å². The summed E-state index contributed by atoms with van der Waals surface area (Å²) in [5.41, 5.74) is 2.00. The van der Waals surface area contributed by atoms with Crippen LogP contribution in [0.1, 0.15) is 24.2 Å². The van der Waals surface area contributed by atoms with Gasteiger partial charge < -0.3 is 9.47 Å². The highest BCUT2D eigenvalue weighted by atomic mass is 16.6. The van der Waals surface area contributed by atoms with Gasteiger partial charge in [-0.25, -0.2) is 4.79 Å². The van der Waals surface area contributed by atoms with Gasteiger partial charge in [-0.1, -0.05) is 24.3 Å². The maximum atomic E-state index is 12.1. The van der Waals surface area contributed by atoms with E-state index in [2.05, 4.69) is 0 Å². The lowest BCUT2D eigenvalue weighted by molar-refractivity contribution is -0.384. The van der Waals surface area contributed by atoms with E-state index in [0.29, 0.717) is 25.4 Å². The first-order valence-electron chi connectivity index (χ1n) is 7.99. The van der Waals surface area contributed by atoms with Gasteiger partial charge in [0.25, 0.3) is 5.69 Å². The van der Waals surface area contributed by atoms with Crippen molar-refractivity contribution in [3.05, 3.63) is 69.8 Å². The molecule has 2 aromatic rings. The molecule has 1 unspecified atom stereocenters. The monoisotopic (exact) mass is 342 g/mol. The first-order valence-corrected chi connectivity index (χ1v) is 7.99. The van der Waals surface area contributed by atoms with E-state index in [4.69, 9.17) is 9.47 Å². The van der Waals surface area contributed by atoms with Crippen molar-refractivity contribution in [3.8, 4) is 5.75 Å². The average molecular weight is 342 g/mol. The second-order valence-electron chi connectivity index (χ2n) is 5.64. The predicted molar refractivity (Wildman–Crippen MR) is 90.3 cm³/mol. The van der Waals surface area contributed by atoms with Gasteiger partial charge in [-0.15, -0.1) is 0 Å². The summed E-state index contributed by atoms with van der Waals surface area (Å²) in [4.78, 5) is 24.0. The summed E-state index contributed by atoms with van der Waals surface area (Å²) >= 11 is 0. The van der Waals surface area contributed by atoms with Gasteiger partial charge in [-0.2, -0.15) is 0 Å². The van der Waals surface area contributed by atoms with Crippen molar-refractivity contribution in [2.45, 2.75) is 19.6 Å². The van der Waals surface area contributed by atoms with Crippen molar-refractivity contribution < 1.29 is 19.2 Å². The van der Waals surface area contributed by atoms with Gasteiger partial charge in [-0.3, -0.25) is 15.0 Å². The largest absolute Gasteiger partial charge is 0.484 e. The Morgan fingerprint density at radius 1 is 1.24 bits per heavy atom. The SMILES string of the molecule is CCOC(=O)N1Cc2ccccc2C(Oc2ccc([N+](=O)[O-])cc2)C1. The van der Waals surface area contributed by atoms with Crippen molar-refractivity contribution in [3.63, 3.8) is 0 Å². The lowest BCUT2D eigenvalue weighted by atomic mass is 9.97. The maximum Gasteiger partial charge on any atom is 0.410 e. The fraction of sp³-hybridized carbons (Fsp3) is 0.278. The molecule has 0 saturated heterocycles. The van der Waals surface area contributed by atoms with Crippen LogP contribution in [0.25, 0.3) is 0 Å². The molecule has 0 fully saturated rings. The molecule has 0 bridgehead atoms. The second-order valence-corrected chi connectivity index (χ2v) is 5.64. The van der Waals surface area contributed by atoms with E-state index in [0.717, 1.165) is 11.1 Å². The zero-order chi connectivity index (χ0) is 17.8. The van der Waals surface area contributed by atoms with Crippen LogP contribution in [0.3, 0.4) is 0 Å². The van der Waals surface area contributed by atoms with E-state index < -0.39 is 4.92 Å². The van der Waals surface area contributed by atoms with E-state index in [-0.39, 0.29) is 17.9 Å². The van der Waals surface area contributed by atoms with E-state index in [1.54, 1.807) is 24.0 Å². The van der Waals surface area contributed by atoms with Crippen LogP contribution in [0.4, 0.5) is 10.5 Å². The minimum Gasteiger partial charge on any atom is -0.484 e. The topological polar surface area (TPSA) is 81.9 Å². The first kappa shape index (κ1) is 16.8. The van der Waals surface area contributed by atoms with Gasteiger partial charge in [0.1, 0.15) is 11.9 Å². The Morgan fingerprint density at radius 2 is 1.96 bits per heavy atom. The van der Waals surface area contributed by atoms with Crippen LogP contribution < -0.4 is 4.74 Å². The molecule has 1 aliphatic rings. The summed E-state index contributed by atoms with van der Waals surface area (Å²) in [6.45, 7) is 2.90. The summed E-state index contributed by atoms with van der Waals surface area (Å²) in [6.07, 6.45) is -0.745. The maximum absolute atomic E-state index is 12.1. The first-order chi connectivity index (χ1) is 12.1. The quantitative estimate of drug-likeness (QED) is 0.625. The third-order valence-electron chi connectivity index (χ3n) is 4.00. The second kappa shape index (κ2) is 7.21. The highest BCUT2D eigenvalue weighted by Gasteiger charge is 2.30. The number of fused-ring (bicyclic) bond motifs is 1. The summed E-state index contributed by atoms with van der Waals surface area (Å²) in [5, 5.41) is 10.8. The lowest BCUT2D eigenvalue weighted by Gasteiger charge is -2.34. The van der Waals surface area contributed by atoms with Crippen LogP contribution in [-0.2, 0) is 11.3 Å². The molecule has 7 nitrogen and oxygen atoms in total. The number of ether oxygens (including phenoxy) is 2. The number of hydrogen-bond donors (Lipinski definition) is 0. The molecule has 1 amide bonds. The minimum absolute atomic E-state index is 0.00421. The molecule has 0 aromatic heterocycles. The van der Waals surface area contributed by atoms with Gasteiger partial charge in [0.15, 0.2) is 0 Å². The summed E-state index contributed by atoms with van der Waals surface area (Å²) in [5.74, 6) is 0.510. The normalized spacial score (nSPS) is 16.0. The van der Waals surface area contributed by atoms with Crippen molar-refractivity contribution in [1.29, 1.82) is 0 Å². The molecule has 130 valence electrons. The summed E-state index contributed by atoms with van der Waals surface area (Å²) in [7, 11) is 0. The Bertz CT molecular complexity index is 775. The number of nitro benzene ring substituents is 1. The molecule has 25 heavy (non-hydrogen) atoms. The Labute approximate surface area is 144 Å². The highest BCUT2D eigenvalue weighted by Crippen LogP contribution is 2.31. The smallest absolute Gasteiger partial charge is 0.410 e. The number of rotatable bonds is 4. The molecule has 2 aromatic carbocycles. The van der Waals surface area contributed by atoms with Crippen molar-refractivity contribution in [1.82, 2.24) is 4.90 Å². The third kappa shape index (κ3) is 3.71. The molecule has 0 saturated carbocycles. The van der Waals surface area contributed by atoms with E-state index in [1.807, 2.05) is 24.3 Å². The number of carbonyl (C=O) groups is 1. The molecular weight excluding hydrogens is 324 g/mol. The standard InChI is InChI=1S/C18H18N2O5/c1-2-24-18(21)19-11-13-5-3-4-6-16(13)17(12-19)25-15-9-7-14(8-10-15)20(22)23/h3-10,17H,2,11-12H2,1H3. The molecule has 3 rings (SSSR count). The van der Waals surface area contributed by atoms with Crippen LogP contribution in [0, 0.1) is 10.1 Å².